The van der Waals surface area contributed by atoms with Gasteiger partial charge in [0.2, 0.25) is 11.6 Å². The van der Waals surface area contributed by atoms with Crippen molar-refractivity contribution in [2.24, 2.45) is 5.92 Å². The quantitative estimate of drug-likeness (QED) is 0.342. The molecule has 0 atom stereocenters. The van der Waals surface area contributed by atoms with Crippen molar-refractivity contribution in [3.8, 4) is 11.5 Å². The number of ether oxygens (including phenoxy) is 2. The van der Waals surface area contributed by atoms with Crippen LogP contribution in [0.1, 0.15) is 18.4 Å². The number of rotatable bonds is 8. The molecule has 9 nitrogen and oxygen atoms in total. The number of hydrogen-bond donors (Lipinski definition) is 1. The van der Waals surface area contributed by atoms with Crippen LogP contribution in [0.15, 0.2) is 48.8 Å². The Morgan fingerprint density at radius 1 is 1.12 bits per heavy atom. The summed E-state index contributed by atoms with van der Waals surface area (Å²) in [4.78, 5) is 22.0. The average molecular weight is 484 g/mol. The first-order chi connectivity index (χ1) is 16.5. The molecule has 1 aromatic heterocycles. The van der Waals surface area contributed by atoms with Gasteiger partial charge in [0.1, 0.15) is 17.8 Å². The molecule has 0 aliphatic carbocycles. The molecule has 3 aromatic rings. The summed E-state index contributed by atoms with van der Waals surface area (Å²) in [6.45, 7) is 1.37. The average Bonchev–Trinajstić information content (AvgIpc) is 2.85. The van der Waals surface area contributed by atoms with Gasteiger partial charge in [0.15, 0.2) is 0 Å². The van der Waals surface area contributed by atoms with E-state index in [0.29, 0.717) is 47.0 Å². The fourth-order valence-electron chi connectivity index (χ4n) is 4.24. The SMILES string of the molecule is COc1cc(OC)c(Nc2ncnc(N3CCC(Cc4ccccc4)CC3)c2[N+](=O)[O-])cc1Cl. The lowest BCUT2D eigenvalue weighted by atomic mass is 9.90. The van der Waals surface area contributed by atoms with Gasteiger partial charge in [-0.15, -0.1) is 0 Å². The number of halogens is 1. The Labute approximate surface area is 202 Å². The van der Waals surface area contributed by atoms with Gasteiger partial charge in [-0.3, -0.25) is 10.1 Å². The normalized spacial score (nSPS) is 14.0. The molecule has 1 N–H and O–H groups in total. The largest absolute Gasteiger partial charge is 0.495 e. The Kier molecular flexibility index (Phi) is 7.32. The van der Waals surface area contributed by atoms with Gasteiger partial charge < -0.3 is 19.7 Å². The van der Waals surface area contributed by atoms with Crippen molar-refractivity contribution < 1.29 is 14.4 Å². The third-order valence-electron chi connectivity index (χ3n) is 5.99. The molecule has 0 radical (unpaired) electrons. The summed E-state index contributed by atoms with van der Waals surface area (Å²) in [7, 11) is 2.99. The van der Waals surface area contributed by atoms with Crippen molar-refractivity contribution in [2.45, 2.75) is 19.3 Å². The van der Waals surface area contributed by atoms with E-state index in [1.54, 1.807) is 12.1 Å². The zero-order valence-corrected chi connectivity index (χ0v) is 19.8. The number of nitrogens with zero attached hydrogens (tertiary/aromatic N) is 4. The standard InChI is InChI=1S/C24H26ClN5O4/c1-33-20-14-21(34-2)19(13-18(20)25)28-23-22(30(31)32)24(27-15-26-23)29-10-8-17(9-11-29)12-16-6-4-3-5-7-16/h3-7,13-15,17H,8-12H2,1-2H3,(H,26,27,28). The molecule has 4 rings (SSSR count). The van der Waals surface area contributed by atoms with Crippen LogP contribution in [0.4, 0.5) is 23.0 Å². The van der Waals surface area contributed by atoms with Crippen molar-refractivity contribution in [3.63, 3.8) is 0 Å². The highest BCUT2D eigenvalue weighted by atomic mass is 35.5. The van der Waals surface area contributed by atoms with Crippen LogP contribution in [-0.2, 0) is 6.42 Å². The fraction of sp³-hybridized carbons (Fsp3) is 0.333. The summed E-state index contributed by atoms with van der Waals surface area (Å²) in [6.07, 6.45) is 4.20. The van der Waals surface area contributed by atoms with Crippen LogP contribution in [0.5, 0.6) is 11.5 Å². The number of nitrogens with one attached hydrogen (secondary N) is 1. The number of benzene rings is 2. The Hall–Kier alpha value is -3.59. The molecular formula is C24H26ClN5O4. The second-order valence-corrected chi connectivity index (χ2v) is 8.49. The molecule has 2 heterocycles. The van der Waals surface area contributed by atoms with E-state index in [9.17, 15) is 10.1 Å². The Balaban J connectivity index is 1.56. The van der Waals surface area contributed by atoms with Crippen LogP contribution in [0, 0.1) is 16.0 Å². The number of methoxy groups -OCH3 is 2. The van der Waals surface area contributed by atoms with Gasteiger partial charge in [0.25, 0.3) is 0 Å². The first kappa shape index (κ1) is 23.6. The Morgan fingerprint density at radius 2 is 1.82 bits per heavy atom. The third kappa shape index (κ3) is 5.14. The van der Waals surface area contributed by atoms with Gasteiger partial charge in [0.05, 0.1) is 29.9 Å². The lowest BCUT2D eigenvalue weighted by Crippen LogP contribution is -2.35. The van der Waals surface area contributed by atoms with Crippen molar-refractivity contribution in [2.75, 3.05) is 37.5 Å². The topological polar surface area (TPSA) is 103 Å². The Morgan fingerprint density at radius 3 is 2.47 bits per heavy atom. The molecule has 0 bridgehead atoms. The molecule has 178 valence electrons. The number of piperidine rings is 1. The molecule has 0 saturated carbocycles. The molecule has 0 unspecified atom stereocenters. The van der Waals surface area contributed by atoms with Crippen LogP contribution in [0.25, 0.3) is 0 Å². The summed E-state index contributed by atoms with van der Waals surface area (Å²) < 4.78 is 10.6. The summed E-state index contributed by atoms with van der Waals surface area (Å²) in [5.41, 5.74) is 1.56. The van der Waals surface area contributed by atoms with Crippen LogP contribution in [0.2, 0.25) is 5.02 Å². The smallest absolute Gasteiger partial charge is 0.353 e. The molecule has 34 heavy (non-hydrogen) atoms. The van der Waals surface area contributed by atoms with Crippen molar-refractivity contribution in [3.05, 3.63) is 69.5 Å². The highest BCUT2D eigenvalue weighted by Gasteiger charge is 2.30. The summed E-state index contributed by atoms with van der Waals surface area (Å²) in [5.74, 6) is 1.75. The molecule has 0 amide bonds. The van der Waals surface area contributed by atoms with Gasteiger partial charge in [0, 0.05) is 19.2 Å². The van der Waals surface area contributed by atoms with Gasteiger partial charge >= 0.3 is 5.69 Å². The molecule has 1 fully saturated rings. The predicted molar refractivity (Wildman–Crippen MR) is 132 cm³/mol. The van der Waals surface area contributed by atoms with E-state index in [2.05, 4.69) is 27.4 Å². The predicted octanol–water partition coefficient (Wildman–Crippen LogP) is 5.26. The minimum Gasteiger partial charge on any atom is -0.495 e. The van der Waals surface area contributed by atoms with E-state index in [-0.39, 0.29) is 11.5 Å². The maximum atomic E-state index is 12.1. The molecule has 10 heteroatoms. The molecule has 1 aliphatic rings. The summed E-state index contributed by atoms with van der Waals surface area (Å²) >= 11 is 6.26. The van der Waals surface area contributed by atoms with Gasteiger partial charge in [-0.05, 0) is 36.8 Å². The van der Waals surface area contributed by atoms with Crippen LogP contribution in [-0.4, -0.2) is 42.2 Å². The molecule has 1 saturated heterocycles. The minimum absolute atomic E-state index is 0.0703. The number of anilines is 3. The highest BCUT2D eigenvalue weighted by Crippen LogP contribution is 2.40. The van der Waals surface area contributed by atoms with Crippen molar-refractivity contribution >= 4 is 34.6 Å². The lowest BCUT2D eigenvalue weighted by molar-refractivity contribution is -0.383. The molecule has 0 spiro atoms. The van der Waals surface area contributed by atoms with E-state index in [1.807, 2.05) is 23.1 Å². The number of nitro groups is 1. The Bertz CT molecular complexity index is 1150. The summed E-state index contributed by atoms with van der Waals surface area (Å²) in [6, 6.07) is 13.6. The van der Waals surface area contributed by atoms with E-state index in [1.165, 1.54) is 26.1 Å². The van der Waals surface area contributed by atoms with Crippen LogP contribution >= 0.6 is 11.6 Å². The van der Waals surface area contributed by atoms with Gasteiger partial charge in [-0.25, -0.2) is 9.97 Å². The first-order valence-electron chi connectivity index (χ1n) is 11.0. The van der Waals surface area contributed by atoms with E-state index in [4.69, 9.17) is 21.1 Å². The second-order valence-electron chi connectivity index (χ2n) is 8.08. The van der Waals surface area contributed by atoms with Crippen molar-refractivity contribution in [1.29, 1.82) is 0 Å². The highest BCUT2D eigenvalue weighted by molar-refractivity contribution is 6.32. The maximum Gasteiger partial charge on any atom is 0.353 e. The first-order valence-corrected chi connectivity index (χ1v) is 11.3. The fourth-order valence-corrected chi connectivity index (χ4v) is 4.48. The summed E-state index contributed by atoms with van der Waals surface area (Å²) in [5, 5.41) is 15.4. The molecule has 1 aliphatic heterocycles. The monoisotopic (exact) mass is 483 g/mol. The van der Waals surface area contributed by atoms with E-state index >= 15 is 0 Å². The lowest BCUT2D eigenvalue weighted by Gasteiger charge is -2.32. The number of aromatic nitrogens is 2. The van der Waals surface area contributed by atoms with Gasteiger partial charge in [-0.1, -0.05) is 41.9 Å². The van der Waals surface area contributed by atoms with E-state index < -0.39 is 4.92 Å². The minimum atomic E-state index is -0.453. The second kappa shape index (κ2) is 10.6. The third-order valence-corrected chi connectivity index (χ3v) is 6.29. The van der Waals surface area contributed by atoms with Crippen molar-refractivity contribution in [1.82, 2.24) is 9.97 Å². The molecular weight excluding hydrogens is 458 g/mol. The number of hydrogen-bond acceptors (Lipinski definition) is 8. The van der Waals surface area contributed by atoms with E-state index in [0.717, 1.165) is 19.3 Å². The van der Waals surface area contributed by atoms with Crippen LogP contribution in [0.3, 0.4) is 0 Å². The zero-order valence-electron chi connectivity index (χ0n) is 19.0. The maximum absolute atomic E-state index is 12.1. The van der Waals surface area contributed by atoms with Crippen LogP contribution < -0.4 is 19.7 Å². The van der Waals surface area contributed by atoms with Gasteiger partial charge in [-0.2, -0.15) is 0 Å². The zero-order chi connectivity index (χ0) is 24.1. The molecule has 2 aromatic carbocycles.